The Bertz CT molecular complexity index is 413. The van der Waals surface area contributed by atoms with Crippen LogP contribution in [0.25, 0.3) is 0 Å². The van der Waals surface area contributed by atoms with Crippen molar-refractivity contribution in [3.8, 4) is 0 Å². The Morgan fingerprint density at radius 1 is 1.25 bits per heavy atom. The molecule has 1 heterocycles. The number of pyridine rings is 1. The average Bonchev–Trinajstić information content (AvgIpc) is 2.36. The van der Waals surface area contributed by atoms with Gasteiger partial charge in [0, 0.05) is 20.3 Å². The molecule has 0 saturated carbocycles. The van der Waals surface area contributed by atoms with Gasteiger partial charge in [-0.2, -0.15) is 13.2 Å². The third kappa shape index (κ3) is 6.07. The summed E-state index contributed by atoms with van der Waals surface area (Å²) in [7, 11) is 1.58. The van der Waals surface area contributed by atoms with E-state index in [0.29, 0.717) is 32.8 Å². The van der Waals surface area contributed by atoms with Gasteiger partial charge in [0.25, 0.3) is 0 Å². The molecule has 0 spiro atoms. The van der Waals surface area contributed by atoms with Crippen LogP contribution in [-0.4, -0.2) is 38.5 Å². The normalized spacial score (nSPS) is 11.6. The van der Waals surface area contributed by atoms with Gasteiger partial charge in [0.2, 0.25) is 0 Å². The van der Waals surface area contributed by atoms with E-state index in [1.54, 1.807) is 7.11 Å². The minimum atomic E-state index is -4.43. The van der Waals surface area contributed by atoms with Gasteiger partial charge in [-0.25, -0.2) is 4.98 Å². The summed E-state index contributed by atoms with van der Waals surface area (Å²) >= 11 is 0. The van der Waals surface area contributed by atoms with E-state index in [4.69, 9.17) is 15.2 Å². The molecule has 0 unspecified atom stereocenters. The number of nitrogens with zero attached hydrogens (tertiary/aromatic N) is 1. The fourth-order valence-electron chi connectivity index (χ4n) is 1.44. The van der Waals surface area contributed by atoms with E-state index in [9.17, 15) is 13.2 Å². The summed E-state index contributed by atoms with van der Waals surface area (Å²) in [5.41, 5.74) is 4.54. The molecule has 1 rings (SSSR count). The largest absolute Gasteiger partial charge is 0.416 e. The molecule has 3 N–H and O–H groups in total. The molecular formula is C12H18F3N3O2. The van der Waals surface area contributed by atoms with Crippen molar-refractivity contribution in [1.82, 2.24) is 4.98 Å². The molecule has 0 fully saturated rings. The number of nitrogens with one attached hydrogen (secondary N) is 1. The Kier molecular flexibility index (Phi) is 6.53. The lowest BCUT2D eigenvalue weighted by molar-refractivity contribution is -0.137. The van der Waals surface area contributed by atoms with Crippen LogP contribution in [0.5, 0.6) is 0 Å². The second kappa shape index (κ2) is 7.91. The highest BCUT2D eigenvalue weighted by atomic mass is 19.4. The molecule has 5 nitrogen and oxygen atoms in total. The predicted octanol–water partition coefficient (Wildman–Crippen LogP) is 2.15. The SMILES string of the molecule is COCCOCCCNc1cc(C(F)(F)F)cc(N)n1. The van der Waals surface area contributed by atoms with E-state index < -0.39 is 11.7 Å². The first-order chi connectivity index (χ1) is 9.43. The molecule has 114 valence electrons. The van der Waals surface area contributed by atoms with Gasteiger partial charge in [-0.05, 0) is 18.6 Å². The van der Waals surface area contributed by atoms with Gasteiger partial charge in [-0.3, -0.25) is 0 Å². The van der Waals surface area contributed by atoms with E-state index >= 15 is 0 Å². The zero-order chi connectivity index (χ0) is 15.0. The number of nitrogens with two attached hydrogens (primary N) is 1. The van der Waals surface area contributed by atoms with Gasteiger partial charge in [-0.15, -0.1) is 0 Å². The van der Waals surface area contributed by atoms with E-state index in [2.05, 4.69) is 10.3 Å². The molecule has 0 atom stereocenters. The second-order valence-corrected chi connectivity index (χ2v) is 4.05. The van der Waals surface area contributed by atoms with Crippen LogP contribution < -0.4 is 11.1 Å². The summed E-state index contributed by atoms with van der Waals surface area (Å²) in [5.74, 6) is -0.0621. The standard InChI is InChI=1S/C12H18F3N3O2/c1-19-5-6-20-4-2-3-17-11-8-9(12(13,14)15)7-10(16)18-11/h7-8H,2-6H2,1H3,(H3,16,17,18). The minimum Gasteiger partial charge on any atom is -0.384 e. The fraction of sp³-hybridized carbons (Fsp3) is 0.583. The van der Waals surface area contributed by atoms with E-state index in [0.717, 1.165) is 12.1 Å². The third-order valence-electron chi connectivity index (χ3n) is 2.38. The molecule has 0 aliphatic carbocycles. The first kappa shape index (κ1) is 16.5. The first-order valence-corrected chi connectivity index (χ1v) is 6.09. The van der Waals surface area contributed by atoms with Crippen molar-refractivity contribution >= 4 is 11.6 Å². The van der Waals surface area contributed by atoms with Crippen molar-refractivity contribution in [2.75, 3.05) is 44.5 Å². The van der Waals surface area contributed by atoms with E-state index in [-0.39, 0.29) is 11.6 Å². The lowest BCUT2D eigenvalue weighted by Gasteiger charge is -2.11. The number of hydrogen-bond donors (Lipinski definition) is 2. The van der Waals surface area contributed by atoms with Gasteiger partial charge < -0.3 is 20.5 Å². The molecule has 0 radical (unpaired) electrons. The number of hydrogen-bond acceptors (Lipinski definition) is 5. The van der Waals surface area contributed by atoms with Gasteiger partial charge in [0.05, 0.1) is 18.8 Å². The number of aromatic nitrogens is 1. The Morgan fingerprint density at radius 2 is 2.00 bits per heavy atom. The number of halogens is 3. The summed E-state index contributed by atoms with van der Waals surface area (Å²) in [6.07, 6.45) is -3.79. The number of methoxy groups -OCH3 is 1. The topological polar surface area (TPSA) is 69.4 Å². The molecule has 0 aliphatic rings. The summed E-state index contributed by atoms with van der Waals surface area (Å²) < 4.78 is 47.7. The van der Waals surface area contributed by atoms with Gasteiger partial charge in [0.15, 0.2) is 0 Å². The van der Waals surface area contributed by atoms with Crippen molar-refractivity contribution in [3.05, 3.63) is 17.7 Å². The van der Waals surface area contributed by atoms with Crippen LogP contribution in [0, 0.1) is 0 Å². The Balaban J connectivity index is 2.39. The molecule has 1 aromatic heterocycles. The van der Waals surface area contributed by atoms with Crippen LogP contribution in [0.15, 0.2) is 12.1 Å². The minimum absolute atomic E-state index is 0.106. The maximum atomic E-state index is 12.6. The van der Waals surface area contributed by atoms with Gasteiger partial charge in [-0.1, -0.05) is 0 Å². The second-order valence-electron chi connectivity index (χ2n) is 4.05. The van der Waals surface area contributed by atoms with Crippen LogP contribution in [0.2, 0.25) is 0 Å². The molecule has 8 heteroatoms. The summed E-state index contributed by atoms with van der Waals surface area (Å²) in [5, 5.41) is 2.79. The van der Waals surface area contributed by atoms with E-state index in [1.165, 1.54) is 0 Å². The highest BCUT2D eigenvalue weighted by Crippen LogP contribution is 2.31. The Morgan fingerprint density at radius 3 is 2.65 bits per heavy atom. The summed E-state index contributed by atoms with van der Waals surface area (Å²) in [6, 6.07) is 1.74. The van der Waals surface area contributed by atoms with Gasteiger partial charge in [0.1, 0.15) is 11.6 Å². The number of rotatable bonds is 8. The maximum Gasteiger partial charge on any atom is 0.416 e. The monoisotopic (exact) mass is 293 g/mol. The zero-order valence-electron chi connectivity index (χ0n) is 11.2. The van der Waals surface area contributed by atoms with Crippen molar-refractivity contribution < 1.29 is 22.6 Å². The van der Waals surface area contributed by atoms with Crippen LogP contribution >= 0.6 is 0 Å². The molecule has 0 amide bonds. The highest BCUT2D eigenvalue weighted by molar-refractivity contribution is 5.47. The van der Waals surface area contributed by atoms with Crippen LogP contribution in [0.3, 0.4) is 0 Å². The molecule has 1 aromatic rings. The van der Waals surface area contributed by atoms with Crippen LogP contribution in [0.4, 0.5) is 24.8 Å². The number of anilines is 2. The first-order valence-electron chi connectivity index (χ1n) is 6.09. The Hall–Kier alpha value is -1.54. The molecule has 0 saturated heterocycles. The van der Waals surface area contributed by atoms with Crippen LogP contribution in [-0.2, 0) is 15.7 Å². The molecular weight excluding hydrogens is 275 g/mol. The number of alkyl halides is 3. The lowest BCUT2D eigenvalue weighted by atomic mass is 10.2. The van der Waals surface area contributed by atoms with Crippen LogP contribution in [0.1, 0.15) is 12.0 Å². The van der Waals surface area contributed by atoms with Crippen molar-refractivity contribution in [3.63, 3.8) is 0 Å². The molecule has 0 aromatic carbocycles. The number of nitrogen functional groups attached to an aromatic ring is 1. The highest BCUT2D eigenvalue weighted by Gasteiger charge is 2.31. The number of ether oxygens (including phenoxy) is 2. The van der Waals surface area contributed by atoms with E-state index in [1.807, 2.05) is 0 Å². The average molecular weight is 293 g/mol. The summed E-state index contributed by atoms with van der Waals surface area (Å²) in [4.78, 5) is 3.80. The lowest BCUT2D eigenvalue weighted by Crippen LogP contribution is -2.12. The fourth-order valence-corrected chi connectivity index (χ4v) is 1.44. The zero-order valence-corrected chi connectivity index (χ0v) is 11.2. The summed E-state index contributed by atoms with van der Waals surface area (Å²) in [6.45, 7) is 1.94. The quantitative estimate of drug-likeness (QED) is 0.719. The van der Waals surface area contributed by atoms with Gasteiger partial charge >= 0.3 is 6.18 Å². The van der Waals surface area contributed by atoms with Crippen molar-refractivity contribution in [1.29, 1.82) is 0 Å². The maximum absolute atomic E-state index is 12.6. The molecule has 0 bridgehead atoms. The van der Waals surface area contributed by atoms with Crippen molar-refractivity contribution in [2.24, 2.45) is 0 Å². The smallest absolute Gasteiger partial charge is 0.384 e. The molecule has 20 heavy (non-hydrogen) atoms. The Labute approximate surface area is 115 Å². The third-order valence-corrected chi connectivity index (χ3v) is 2.38. The van der Waals surface area contributed by atoms with Crippen molar-refractivity contribution in [2.45, 2.75) is 12.6 Å². The predicted molar refractivity (Wildman–Crippen MR) is 69.5 cm³/mol. The molecule has 0 aliphatic heterocycles.